The van der Waals surface area contributed by atoms with Crippen LogP contribution < -0.4 is 0 Å². The molecule has 0 radical (unpaired) electrons. The summed E-state index contributed by atoms with van der Waals surface area (Å²) in [5.74, 6) is -0.527. The lowest BCUT2D eigenvalue weighted by atomic mass is 10.2. The first-order valence-corrected chi connectivity index (χ1v) is 4.07. The molecule has 1 saturated heterocycles. The van der Waals surface area contributed by atoms with Crippen LogP contribution in [0.5, 0.6) is 0 Å². The first-order valence-electron chi connectivity index (χ1n) is 4.07. The Morgan fingerprint density at radius 2 is 2.15 bits per heavy atom. The molecule has 0 N–H and O–H groups in total. The molecule has 1 aliphatic rings. The molecule has 1 rings (SSSR count). The van der Waals surface area contributed by atoms with Crippen molar-refractivity contribution in [2.24, 2.45) is 5.92 Å². The van der Waals surface area contributed by atoms with E-state index in [2.05, 4.69) is 0 Å². The second-order valence-electron chi connectivity index (χ2n) is 3.26. The van der Waals surface area contributed by atoms with Gasteiger partial charge in [-0.25, -0.2) is 4.79 Å². The van der Waals surface area contributed by atoms with Gasteiger partial charge in [-0.05, 0) is 0 Å². The number of likely N-dealkylation sites (N-methyl/N-ethyl adjacent to an activating group) is 1. The van der Waals surface area contributed by atoms with Gasteiger partial charge in [-0.2, -0.15) is 0 Å². The van der Waals surface area contributed by atoms with Crippen molar-refractivity contribution in [1.82, 2.24) is 9.80 Å². The summed E-state index contributed by atoms with van der Waals surface area (Å²) in [7, 11) is 1.56. The Labute approximate surface area is 76.3 Å². The molecule has 1 atom stereocenters. The Morgan fingerprint density at radius 1 is 1.54 bits per heavy atom. The second-order valence-corrected chi connectivity index (χ2v) is 3.26. The van der Waals surface area contributed by atoms with Gasteiger partial charge in [0.2, 0.25) is 5.91 Å². The lowest BCUT2D eigenvalue weighted by Gasteiger charge is -2.15. The van der Waals surface area contributed by atoms with Crippen molar-refractivity contribution in [2.75, 3.05) is 20.1 Å². The zero-order valence-electron chi connectivity index (χ0n) is 7.69. The number of hydrogen-bond acceptors (Lipinski definition) is 3. The number of nitrogens with zero attached hydrogens (tertiary/aromatic N) is 2. The molecule has 72 valence electrons. The van der Waals surface area contributed by atoms with E-state index in [1.165, 1.54) is 4.90 Å². The van der Waals surface area contributed by atoms with E-state index < -0.39 is 0 Å². The van der Waals surface area contributed by atoms with Gasteiger partial charge >= 0.3 is 6.03 Å². The maximum atomic E-state index is 11.3. The first kappa shape index (κ1) is 9.70. The van der Waals surface area contributed by atoms with Gasteiger partial charge in [0, 0.05) is 19.5 Å². The molecule has 1 aliphatic heterocycles. The van der Waals surface area contributed by atoms with Gasteiger partial charge in [0.15, 0.2) is 0 Å². The highest BCUT2D eigenvalue weighted by molar-refractivity contribution is 6.01. The quantitative estimate of drug-likeness (QED) is 0.447. The van der Waals surface area contributed by atoms with Crippen LogP contribution in [0.2, 0.25) is 0 Å². The van der Waals surface area contributed by atoms with Crippen LogP contribution in [0.25, 0.3) is 0 Å². The van der Waals surface area contributed by atoms with Crippen LogP contribution in [0.15, 0.2) is 0 Å². The fourth-order valence-corrected chi connectivity index (χ4v) is 1.18. The molecule has 5 nitrogen and oxygen atoms in total. The average molecular weight is 184 g/mol. The summed E-state index contributed by atoms with van der Waals surface area (Å²) in [5.41, 5.74) is 0. The van der Waals surface area contributed by atoms with Crippen LogP contribution in [0.1, 0.15) is 6.92 Å². The highest BCUT2D eigenvalue weighted by Gasteiger charge is 2.33. The molecule has 13 heavy (non-hydrogen) atoms. The van der Waals surface area contributed by atoms with Gasteiger partial charge in [-0.1, -0.05) is 6.92 Å². The number of urea groups is 1. The normalized spacial score (nSPS) is 19.5. The van der Waals surface area contributed by atoms with Crippen molar-refractivity contribution in [3.63, 3.8) is 0 Å². The summed E-state index contributed by atoms with van der Waals surface area (Å²) in [6, 6.07) is -0.321. The zero-order valence-corrected chi connectivity index (χ0v) is 7.69. The highest BCUT2D eigenvalue weighted by Crippen LogP contribution is 2.09. The van der Waals surface area contributed by atoms with E-state index >= 15 is 0 Å². The molecule has 0 aromatic rings. The molecule has 5 heteroatoms. The summed E-state index contributed by atoms with van der Waals surface area (Å²) in [4.78, 5) is 35.2. The third-order valence-corrected chi connectivity index (χ3v) is 1.93. The maximum absolute atomic E-state index is 11.3. The monoisotopic (exact) mass is 184 g/mol. The Morgan fingerprint density at radius 3 is 2.54 bits per heavy atom. The fraction of sp³-hybridized carbons (Fsp3) is 0.625. The largest absolute Gasteiger partial charge is 0.326 e. The molecule has 0 aromatic carbocycles. The van der Waals surface area contributed by atoms with Crippen LogP contribution in [0.4, 0.5) is 4.79 Å². The SMILES string of the molecule is CC(C=O)CN1C(=O)CN(C)C1=O. The van der Waals surface area contributed by atoms with Crippen molar-refractivity contribution in [2.45, 2.75) is 6.92 Å². The summed E-state index contributed by atoms with van der Waals surface area (Å²) < 4.78 is 0. The van der Waals surface area contributed by atoms with Gasteiger partial charge < -0.3 is 9.69 Å². The molecule has 0 aliphatic carbocycles. The molecular weight excluding hydrogens is 172 g/mol. The van der Waals surface area contributed by atoms with Gasteiger partial charge in [0.05, 0.1) is 0 Å². The van der Waals surface area contributed by atoms with Gasteiger partial charge in [-0.15, -0.1) is 0 Å². The maximum Gasteiger partial charge on any atom is 0.326 e. The van der Waals surface area contributed by atoms with E-state index in [1.807, 2.05) is 0 Å². The van der Waals surface area contributed by atoms with Crippen LogP contribution >= 0.6 is 0 Å². The smallest absolute Gasteiger partial charge is 0.318 e. The third kappa shape index (κ3) is 1.85. The number of rotatable bonds is 3. The van der Waals surface area contributed by atoms with E-state index in [1.54, 1.807) is 14.0 Å². The molecule has 3 amide bonds. The summed E-state index contributed by atoms with van der Waals surface area (Å²) in [6.45, 7) is 1.97. The second kappa shape index (κ2) is 3.55. The van der Waals surface area contributed by atoms with Crippen molar-refractivity contribution >= 4 is 18.2 Å². The van der Waals surface area contributed by atoms with E-state index in [0.29, 0.717) is 0 Å². The first-order chi connectivity index (χ1) is 6.06. The van der Waals surface area contributed by atoms with E-state index in [0.717, 1.165) is 11.2 Å². The molecular formula is C8H12N2O3. The highest BCUT2D eigenvalue weighted by atomic mass is 16.2. The topological polar surface area (TPSA) is 57.7 Å². The Balaban J connectivity index is 2.64. The molecule has 1 heterocycles. The van der Waals surface area contributed by atoms with Crippen molar-refractivity contribution in [3.05, 3.63) is 0 Å². The van der Waals surface area contributed by atoms with Crippen molar-refractivity contribution < 1.29 is 14.4 Å². The van der Waals surface area contributed by atoms with Crippen LogP contribution in [-0.2, 0) is 9.59 Å². The standard InChI is InChI=1S/C8H12N2O3/c1-6(5-11)3-10-7(12)4-9(2)8(10)13/h5-6H,3-4H2,1-2H3. The molecule has 0 bridgehead atoms. The molecule has 0 aromatic heterocycles. The minimum Gasteiger partial charge on any atom is -0.318 e. The minimum absolute atomic E-state index is 0.115. The average Bonchev–Trinajstić information content (AvgIpc) is 2.32. The Bertz CT molecular complexity index is 252. The summed E-state index contributed by atoms with van der Waals surface area (Å²) in [5, 5.41) is 0. The lowest BCUT2D eigenvalue weighted by molar-refractivity contribution is -0.126. The van der Waals surface area contributed by atoms with Gasteiger partial charge in [0.1, 0.15) is 12.8 Å². The Hall–Kier alpha value is -1.39. The predicted molar refractivity (Wildman–Crippen MR) is 45.0 cm³/mol. The van der Waals surface area contributed by atoms with Crippen LogP contribution in [-0.4, -0.2) is 48.2 Å². The fourth-order valence-electron chi connectivity index (χ4n) is 1.18. The molecule has 0 spiro atoms. The van der Waals surface area contributed by atoms with E-state index in [-0.39, 0.29) is 30.9 Å². The van der Waals surface area contributed by atoms with Crippen LogP contribution in [0.3, 0.4) is 0 Å². The molecule has 1 unspecified atom stereocenters. The Kier molecular flexibility index (Phi) is 2.65. The third-order valence-electron chi connectivity index (χ3n) is 1.93. The van der Waals surface area contributed by atoms with E-state index in [4.69, 9.17) is 0 Å². The number of carbonyl (C=O) groups excluding carboxylic acids is 3. The number of aldehydes is 1. The van der Waals surface area contributed by atoms with Crippen molar-refractivity contribution in [3.8, 4) is 0 Å². The van der Waals surface area contributed by atoms with Crippen molar-refractivity contribution in [1.29, 1.82) is 0 Å². The minimum atomic E-state index is -0.321. The van der Waals surface area contributed by atoms with Crippen LogP contribution in [0, 0.1) is 5.92 Å². The van der Waals surface area contributed by atoms with Gasteiger partial charge in [0.25, 0.3) is 0 Å². The number of carbonyl (C=O) groups is 3. The number of amides is 3. The number of hydrogen-bond donors (Lipinski definition) is 0. The summed E-state index contributed by atoms with van der Waals surface area (Å²) in [6.07, 6.45) is 0.735. The zero-order chi connectivity index (χ0) is 10.0. The number of imide groups is 1. The van der Waals surface area contributed by atoms with Gasteiger partial charge in [-0.3, -0.25) is 9.69 Å². The molecule has 0 saturated carbocycles. The predicted octanol–water partition coefficient (Wildman–Crippen LogP) is -0.285. The molecule has 1 fully saturated rings. The summed E-state index contributed by atoms with van der Waals surface area (Å²) >= 11 is 0. The lowest BCUT2D eigenvalue weighted by Crippen LogP contribution is -2.35. The van der Waals surface area contributed by atoms with E-state index in [9.17, 15) is 14.4 Å².